The molecular formula is C10H16N2O2S. The first-order chi connectivity index (χ1) is 7.30. The van der Waals surface area contributed by atoms with Crippen LogP contribution < -0.4 is 5.73 Å². The minimum absolute atomic E-state index is 0.240. The summed E-state index contributed by atoms with van der Waals surface area (Å²) in [6, 6.07) is 0. The van der Waals surface area contributed by atoms with Crippen LogP contribution >= 0.6 is 11.3 Å². The molecule has 84 valence electrons. The van der Waals surface area contributed by atoms with E-state index in [9.17, 15) is 0 Å². The number of aromatic nitrogens is 1. The normalized spacial score (nSPS) is 20.4. The quantitative estimate of drug-likeness (QED) is 0.846. The number of methoxy groups -OCH3 is 1. The Morgan fingerprint density at radius 1 is 1.60 bits per heavy atom. The highest BCUT2D eigenvalue weighted by Gasteiger charge is 2.37. The van der Waals surface area contributed by atoms with Crippen molar-refractivity contribution >= 4 is 11.3 Å². The van der Waals surface area contributed by atoms with Crippen molar-refractivity contribution in [1.29, 1.82) is 0 Å². The Hall–Kier alpha value is -0.490. The summed E-state index contributed by atoms with van der Waals surface area (Å²) in [6.45, 7) is 2.03. The largest absolute Gasteiger partial charge is 0.381 e. The molecule has 1 aromatic heterocycles. The van der Waals surface area contributed by atoms with Crippen LogP contribution in [0.3, 0.4) is 0 Å². The average Bonchev–Trinajstić information content (AvgIpc) is 2.79. The molecule has 0 spiro atoms. The summed E-state index contributed by atoms with van der Waals surface area (Å²) in [5, 5.41) is 1.04. The van der Waals surface area contributed by atoms with Gasteiger partial charge in [0, 0.05) is 50.8 Å². The average molecular weight is 228 g/mol. The Kier molecular flexibility index (Phi) is 3.35. The van der Waals surface area contributed by atoms with Crippen LogP contribution in [0.15, 0.2) is 6.20 Å². The van der Waals surface area contributed by atoms with E-state index in [2.05, 4.69) is 4.98 Å². The third-order valence-electron chi connectivity index (χ3n) is 2.84. The zero-order valence-corrected chi connectivity index (χ0v) is 9.68. The monoisotopic (exact) mass is 228 g/mol. The van der Waals surface area contributed by atoms with Crippen molar-refractivity contribution in [3.63, 3.8) is 0 Å². The molecule has 1 saturated heterocycles. The Bertz CT molecular complexity index is 321. The van der Waals surface area contributed by atoms with Crippen LogP contribution in [0.1, 0.15) is 22.7 Å². The van der Waals surface area contributed by atoms with E-state index in [1.54, 1.807) is 18.4 Å². The second-order valence-corrected chi connectivity index (χ2v) is 4.76. The molecule has 2 rings (SSSR count). The molecular weight excluding hydrogens is 212 g/mol. The molecule has 0 bridgehead atoms. The van der Waals surface area contributed by atoms with E-state index in [1.165, 1.54) is 0 Å². The van der Waals surface area contributed by atoms with E-state index >= 15 is 0 Å². The van der Waals surface area contributed by atoms with Crippen LogP contribution in [-0.2, 0) is 21.6 Å². The van der Waals surface area contributed by atoms with Crippen molar-refractivity contribution in [2.45, 2.75) is 25.0 Å². The fraction of sp³-hybridized carbons (Fsp3) is 0.700. The maximum absolute atomic E-state index is 5.65. The lowest BCUT2D eigenvalue weighted by molar-refractivity contribution is -0.0948. The van der Waals surface area contributed by atoms with Crippen LogP contribution in [-0.4, -0.2) is 25.3 Å². The fourth-order valence-corrected chi connectivity index (χ4v) is 2.83. The summed E-state index contributed by atoms with van der Waals surface area (Å²) >= 11 is 1.65. The Balaban J connectivity index is 2.24. The van der Waals surface area contributed by atoms with Crippen molar-refractivity contribution < 1.29 is 9.47 Å². The van der Waals surface area contributed by atoms with E-state index < -0.39 is 0 Å². The number of hydrogen-bond acceptors (Lipinski definition) is 5. The molecule has 15 heavy (non-hydrogen) atoms. The van der Waals surface area contributed by atoms with Gasteiger partial charge in [0.25, 0.3) is 0 Å². The number of hydrogen-bond donors (Lipinski definition) is 1. The molecule has 1 aliphatic heterocycles. The van der Waals surface area contributed by atoms with Gasteiger partial charge in [-0.3, -0.25) is 0 Å². The molecule has 1 aromatic rings. The first-order valence-corrected chi connectivity index (χ1v) is 5.90. The zero-order chi connectivity index (χ0) is 10.7. The van der Waals surface area contributed by atoms with Gasteiger partial charge in [0.2, 0.25) is 0 Å². The smallest absolute Gasteiger partial charge is 0.125 e. The van der Waals surface area contributed by atoms with Crippen molar-refractivity contribution in [2.24, 2.45) is 5.73 Å². The SMILES string of the molecule is COC1(c2ncc(CN)s2)CCOCC1. The van der Waals surface area contributed by atoms with Gasteiger partial charge in [-0.25, -0.2) is 4.98 Å². The summed E-state index contributed by atoms with van der Waals surface area (Å²) in [7, 11) is 1.74. The first kappa shape index (κ1) is 11.0. The summed E-state index contributed by atoms with van der Waals surface area (Å²) in [4.78, 5) is 5.52. The van der Waals surface area contributed by atoms with Crippen LogP contribution in [0, 0.1) is 0 Å². The Morgan fingerprint density at radius 3 is 2.87 bits per heavy atom. The number of ether oxygens (including phenoxy) is 2. The summed E-state index contributed by atoms with van der Waals surface area (Å²) < 4.78 is 11.0. The minimum Gasteiger partial charge on any atom is -0.381 e. The molecule has 0 atom stereocenters. The Morgan fingerprint density at radius 2 is 2.33 bits per heavy atom. The standard InChI is InChI=1S/C10H16N2O2S/c1-13-10(2-4-14-5-3-10)9-12-7-8(6-11)15-9/h7H,2-6,11H2,1H3. The predicted molar refractivity (Wildman–Crippen MR) is 58.7 cm³/mol. The highest BCUT2D eigenvalue weighted by Crippen LogP contribution is 2.37. The van der Waals surface area contributed by atoms with E-state index in [4.69, 9.17) is 15.2 Å². The molecule has 2 heterocycles. The molecule has 0 unspecified atom stereocenters. The number of rotatable bonds is 3. The van der Waals surface area contributed by atoms with Crippen LogP contribution in [0.4, 0.5) is 0 Å². The molecule has 4 nitrogen and oxygen atoms in total. The minimum atomic E-state index is -0.240. The van der Waals surface area contributed by atoms with E-state index in [0.29, 0.717) is 6.54 Å². The molecule has 2 N–H and O–H groups in total. The van der Waals surface area contributed by atoms with Gasteiger partial charge in [-0.2, -0.15) is 0 Å². The van der Waals surface area contributed by atoms with Gasteiger partial charge in [0.15, 0.2) is 0 Å². The summed E-state index contributed by atoms with van der Waals surface area (Å²) in [5.41, 5.74) is 5.34. The van der Waals surface area contributed by atoms with Crippen molar-refractivity contribution in [1.82, 2.24) is 4.98 Å². The number of nitrogens with zero attached hydrogens (tertiary/aromatic N) is 1. The van der Waals surface area contributed by atoms with Crippen molar-refractivity contribution in [3.05, 3.63) is 16.1 Å². The molecule has 0 amide bonds. The molecule has 0 aromatic carbocycles. The van der Waals surface area contributed by atoms with Gasteiger partial charge >= 0.3 is 0 Å². The third kappa shape index (κ3) is 2.06. The fourth-order valence-electron chi connectivity index (χ4n) is 1.82. The first-order valence-electron chi connectivity index (χ1n) is 5.09. The summed E-state index contributed by atoms with van der Waals surface area (Å²) in [6.07, 6.45) is 3.60. The van der Waals surface area contributed by atoms with E-state index in [-0.39, 0.29) is 5.60 Å². The van der Waals surface area contributed by atoms with Crippen LogP contribution in [0.2, 0.25) is 0 Å². The lowest BCUT2D eigenvalue weighted by Gasteiger charge is -2.33. The summed E-state index contributed by atoms with van der Waals surface area (Å²) in [5.74, 6) is 0. The molecule has 0 saturated carbocycles. The van der Waals surface area contributed by atoms with E-state index in [1.807, 2.05) is 6.20 Å². The second-order valence-electron chi connectivity index (χ2n) is 3.65. The van der Waals surface area contributed by atoms with Gasteiger partial charge in [0.1, 0.15) is 10.6 Å². The maximum atomic E-state index is 5.65. The molecule has 0 radical (unpaired) electrons. The lowest BCUT2D eigenvalue weighted by Crippen LogP contribution is -2.35. The highest BCUT2D eigenvalue weighted by molar-refractivity contribution is 7.11. The van der Waals surface area contributed by atoms with Crippen LogP contribution in [0.5, 0.6) is 0 Å². The Labute approximate surface area is 93.4 Å². The topological polar surface area (TPSA) is 57.4 Å². The molecule has 1 aliphatic rings. The van der Waals surface area contributed by atoms with E-state index in [0.717, 1.165) is 35.9 Å². The molecule has 1 fully saturated rings. The van der Waals surface area contributed by atoms with Crippen molar-refractivity contribution in [2.75, 3.05) is 20.3 Å². The van der Waals surface area contributed by atoms with Gasteiger partial charge < -0.3 is 15.2 Å². The molecule has 0 aliphatic carbocycles. The lowest BCUT2D eigenvalue weighted by atomic mass is 9.95. The highest BCUT2D eigenvalue weighted by atomic mass is 32.1. The number of nitrogens with two attached hydrogens (primary N) is 1. The van der Waals surface area contributed by atoms with Gasteiger partial charge in [0.05, 0.1) is 0 Å². The third-order valence-corrected chi connectivity index (χ3v) is 4.04. The van der Waals surface area contributed by atoms with Crippen LogP contribution in [0.25, 0.3) is 0 Å². The zero-order valence-electron chi connectivity index (χ0n) is 8.86. The second kappa shape index (κ2) is 4.57. The number of thiazole rings is 1. The van der Waals surface area contributed by atoms with Gasteiger partial charge in [-0.1, -0.05) is 0 Å². The molecule has 5 heteroatoms. The van der Waals surface area contributed by atoms with Gasteiger partial charge in [-0.15, -0.1) is 11.3 Å². The predicted octanol–water partition coefficient (Wildman–Crippen LogP) is 1.25. The van der Waals surface area contributed by atoms with Crippen molar-refractivity contribution in [3.8, 4) is 0 Å². The van der Waals surface area contributed by atoms with Gasteiger partial charge in [-0.05, 0) is 0 Å². The maximum Gasteiger partial charge on any atom is 0.125 e.